The number of hydrogen-bond donors (Lipinski definition) is 1. The summed E-state index contributed by atoms with van der Waals surface area (Å²) in [7, 11) is 3.97. The Labute approximate surface area is 73.5 Å². The van der Waals surface area contributed by atoms with E-state index < -0.39 is 0 Å². The van der Waals surface area contributed by atoms with Gasteiger partial charge in [-0.15, -0.1) is 0 Å². The van der Waals surface area contributed by atoms with Crippen molar-refractivity contribution < 1.29 is 4.79 Å². The average molecular weight is 171 g/mol. The van der Waals surface area contributed by atoms with Crippen LogP contribution in [0, 0.1) is 0 Å². The molecule has 0 aromatic rings. The molecule has 0 aromatic carbocycles. The molecule has 0 bridgehead atoms. The maximum absolute atomic E-state index is 11.4. The predicted octanol–water partition coefficient (Wildman–Crippen LogP) is -0.674. The second-order valence-electron chi connectivity index (χ2n) is 3.36. The summed E-state index contributed by atoms with van der Waals surface area (Å²) in [6.07, 6.45) is 0.208. The first-order chi connectivity index (χ1) is 5.63. The van der Waals surface area contributed by atoms with Gasteiger partial charge in [0, 0.05) is 13.1 Å². The zero-order valence-electron chi connectivity index (χ0n) is 8.00. The van der Waals surface area contributed by atoms with Gasteiger partial charge < -0.3 is 10.2 Å². The standard InChI is InChI=1S/C8H17N3O/c1-7(10(2)3)11-5-4-9-6-8(11)12/h7,9H,4-6H2,1-3H3. The summed E-state index contributed by atoms with van der Waals surface area (Å²) in [5.74, 6) is 0.197. The molecular formula is C8H17N3O. The number of nitrogens with one attached hydrogen (secondary N) is 1. The summed E-state index contributed by atoms with van der Waals surface area (Å²) in [6.45, 7) is 4.25. The van der Waals surface area contributed by atoms with E-state index in [0.29, 0.717) is 6.54 Å². The third-order valence-corrected chi connectivity index (χ3v) is 2.32. The van der Waals surface area contributed by atoms with Crippen LogP contribution in [0.3, 0.4) is 0 Å². The zero-order valence-corrected chi connectivity index (χ0v) is 8.00. The molecule has 1 aliphatic rings. The Morgan fingerprint density at radius 1 is 1.58 bits per heavy atom. The Morgan fingerprint density at radius 2 is 2.25 bits per heavy atom. The summed E-state index contributed by atoms with van der Waals surface area (Å²) in [5.41, 5.74) is 0. The van der Waals surface area contributed by atoms with Gasteiger partial charge in [0.25, 0.3) is 0 Å². The van der Waals surface area contributed by atoms with Gasteiger partial charge in [-0.05, 0) is 21.0 Å². The number of amides is 1. The summed E-state index contributed by atoms with van der Waals surface area (Å²) in [6, 6.07) is 0. The molecule has 4 heteroatoms. The second kappa shape index (κ2) is 3.87. The van der Waals surface area contributed by atoms with Crippen molar-refractivity contribution in [3.8, 4) is 0 Å². The molecular weight excluding hydrogens is 154 g/mol. The fourth-order valence-corrected chi connectivity index (χ4v) is 1.30. The Morgan fingerprint density at radius 3 is 2.75 bits per heavy atom. The Bertz CT molecular complexity index is 170. The van der Waals surface area contributed by atoms with E-state index in [2.05, 4.69) is 5.32 Å². The number of nitrogens with zero attached hydrogens (tertiary/aromatic N) is 2. The lowest BCUT2D eigenvalue weighted by Gasteiger charge is -2.36. The van der Waals surface area contributed by atoms with Gasteiger partial charge >= 0.3 is 0 Å². The Hall–Kier alpha value is -0.610. The molecule has 1 N–H and O–H groups in total. The molecule has 1 unspecified atom stereocenters. The first-order valence-corrected chi connectivity index (χ1v) is 4.29. The molecule has 1 atom stereocenters. The van der Waals surface area contributed by atoms with Crippen molar-refractivity contribution in [3.05, 3.63) is 0 Å². The quantitative estimate of drug-likeness (QED) is 0.598. The van der Waals surface area contributed by atoms with E-state index in [1.807, 2.05) is 30.8 Å². The minimum Gasteiger partial charge on any atom is -0.325 e. The van der Waals surface area contributed by atoms with Crippen LogP contribution in [0.1, 0.15) is 6.92 Å². The van der Waals surface area contributed by atoms with E-state index in [1.54, 1.807) is 0 Å². The van der Waals surface area contributed by atoms with Crippen molar-refractivity contribution in [2.24, 2.45) is 0 Å². The van der Waals surface area contributed by atoms with Crippen LogP contribution in [-0.2, 0) is 4.79 Å². The lowest BCUT2D eigenvalue weighted by Crippen LogP contribution is -2.55. The monoisotopic (exact) mass is 171 g/mol. The van der Waals surface area contributed by atoms with Crippen LogP contribution >= 0.6 is 0 Å². The van der Waals surface area contributed by atoms with Crippen LogP contribution in [0.5, 0.6) is 0 Å². The number of rotatable bonds is 2. The fourth-order valence-electron chi connectivity index (χ4n) is 1.30. The lowest BCUT2D eigenvalue weighted by atomic mass is 10.3. The van der Waals surface area contributed by atoms with Gasteiger partial charge in [0.15, 0.2) is 0 Å². The SMILES string of the molecule is CC(N(C)C)N1CCNCC1=O. The van der Waals surface area contributed by atoms with Crippen LogP contribution in [0.4, 0.5) is 0 Å². The molecule has 1 fully saturated rings. The third kappa shape index (κ3) is 1.95. The van der Waals surface area contributed by atoms with Crippen LogP contribution in [0.2, 0.25) is 0 Å². The maximum atomic E-state index is 11.4. The average Bonchev–Trinajstić information content (AvgIpc) is 2.04. The molecule has 0 spiro atoms. The minimum absolute atomic E-state index is 0.197. The van der Waals surface area contributed by atoms with Gasteiger partial charge in [0.05, 0.1) is 12.7 Å². The van der Waals surface area contributed by atoms with Gasteiger partial charge in [-0.1, -0.05) is 0 Å². The Balaban J connectivity index is 2.53. The molecule has 0 aliphatic carbocycles. The zero-order chi connectivity index (χ0) is 9.14. The van der Waals surface area contributed by atoms with Gasteiger partial charge in [-0.2, -0.15) is 0 Å². The normalized spacial score (nSPS) is 21.7. The van der Waals surface area contributed by atoms with Gasteiger partial charge in [0.2, 0.25) is 5.91 Å². The Kier molecular flexibility index (Phi) is 3.05. The molecule has 0 saturated carbocycles. The number of carbonyl (C=O) groups excluding carboxylic acids is 1. The van der Waals surface area contributed by atoms with Crippen LogP contribution in [0.15, 0.2) is 0 Å². The molecule has 70 valence electrons. The van der Waals surface area contributed by atoms with Crippen molar-refractivity contribution in [2.75, 3.05) is 33.7 Å². The van der Waals surface area contributed by atoms with E-state index in [-0.39, 0.29) is 12.1 Å². The van der Waals surface area contributed by atoms with Gasteiger partial charge in [-0.25, -0.2) is 0 Å². The van der Waals surface area contributed by atoms with E-state index in [0.717, 1.165) is 13.1 Å². The highest BCUT2D eigenvalue weighted by atomic mass is 16.2. The first-order valence-electron chi connectivity index (χ1n) is 4.29. The third-order valence-electron chi connectivity index (χ3n) is 2.32. The maximum Gasteiger partial charge on any atom is 0.237 e. The molecule has 1 rings (SSSR count). The summed E-state index contributed by atoms with van der Waals surface area (Å²) < 4.78 is 0. The predicted molar refractivity (Wildman–Crippen MR) is 47.7 cm³/mol. The number of carbonyl (C=O) groups is 1. The molecule has 1 saturated heterocycles. The van der Waals surface area contributed by atoms with E-state index in [4.69, 9.17) is 0 Å². The minimum atomic E-state index is 0.197. The summed E-state index contributed by atoms with van der Waals surface area (Å²) in [4.78, 5) is 15.3. The van der Waals surface area contributed by atoms with Crippen LogP contribution in [0.25, 0.3) is 0 Å². The van der Waals surface area contributed by atoms with Crippen LogP contribution < -0.4 is 5.32 Å². The largest absolute Gasteiger partial charge is 0.325 e. The molecule has 1 heterocycles. The highest BCUT2D eigenvalue weighted by molar-refractivity contribution is 5.79. The summed E-state index contributed by atoms with van der Waals surface area (Å²) in [5, 5.41) is 3.05. The van der Waals surface area contributed by atoms with Crippen molar-refractivity contribution in [2.45, 2.75) is 13.1 Å². The van der Waals surface area contributed by atoms with E-state index in [1.165, 1.54) is 0 Å². The number of hydrogen-bond acceptors (Lipinski definition) is 3. The molecule has 1 amide bonds. The van der Waals surface area contributed by atoms with Crippen molar-refractivity contribution in [3.63, 3.8) is 0 Å². The second-order valence-corrected chi connectivity index (χ2v) is 3.36. The molecule has 12 heavy (non-hydrogen) atoms. The van der Waals surface area contributed by atoms with Crippen LogP contribution in [-0.4, -0.2) is 55.6 Å². The fraction of sp³-hybridized carbons (Fsp3) is 0.875. The molecule has 0 radical (unpaired) electrons. The smallest absolute Gasteiger partial charge is 0.237 e. The highest BCUT2D eigenvalue weighted by Crippen LogP contribution is 2.03. The molecule has 0 aromatic heterocycles. The first kappa shape index (κ1) is 9.48. The van der Waals surface area contributed by atoms with Gasteiger partial charge in [0.1, 0.15) is 0 Å². The van der Waals surface area contributed by atoms with Crippen molar-refractivity contribution >= 4 is 5.91 Å². The van der Waals surface area contributed by atoms with E-state index >= 15 is 0 Å². The van der Waals surface area contributed by atoms with Crippen molar-refractivity contribution in [1.82, 2.24) is 15.1 Å². The van der Waals surface area contributed by atoms with Crippen molar-refractivity contribution in [1.29, 1.82) is 0 Å². The number of piperazine rings is 1. The summed E-state index contributed by atoms with van der Waals surface area (Å²) >= 11 is 0. The van der Waals surface area contributed by atoms with Gasteiger partial charge in [-0.3, -0.25) is 9.69 Å². The topological polar surface area (TPSA) is 35.6 Å². The van der Waals surface area contributed by atoms with E-state index in [9.17, 15) is 4.79 Å². The highest BCUT2D eigenvalue weighted by Gasteiger charge is 2.23. The molecule has 1 aliphatic heterocycles. The molecule has 4 nitrogen and oxygen atoms in total. The lowest BCUT2D eigenvalue weighted by molar-refractivity contribution is -0.137.